The van der Waals surface area contributed by atoms with Crippen molar-refractivity contribution in [2.45, 2.75) is 32.0 Å². The molecule has 1 saturated heterocycles. The van der Waals surface area contributed by atoms with E-state index in [2.05, 4.69) is 69.7 Å². The van der Waals surface area contributed by atoms with Crippen molar-refractivity contribution in [1.82, 2.24) is 14.8 Å². The van der Waals surface area contributed by atoms with Crippen LogP contribution in [0.4, 0.5) is 11.4 Å². The van der Waals surface area contributed by atoms with E-state index in [4.69, 9.17) is 10.8 Å². The molecule has 32 heavy (non-hydrogen) atoms. The van der Waals surface area contributed by atoms with Crippen LogP contribution in [0.1, 0.15) is 31.1 Å². The number of pyridine rings is 1. The normalized spacial score (nSPS) is 19.6. The topological polar surface area (TPSA) is 87.0 Å². The summed E-state index contributed by atoms with van der Waals surface area (Å²) in [5, 5.41) is 16.7. The van der Waals surface area contributed by atoms with E-state index in [0.29, 0.717) is 5.56 Å². The Bertz CT molecular complexity index is 1400. The van der Waals surface area contributed by atoms with E-state index in [9.17, 15) is 5.26 Å². The number of benzene rings is 2. The Morgan fingerprint density at radius 2 is 1.97 bits per heavy atom. The van der Waals surface area contributed by atoms with Gasteiger partial charge in [-0.15, -0.1) is 0 Å². The second kappa shape index (κ2) is 6.68. The summed E-state index contributed by atoms with van der Waals surface area (Å²) in [6, 6.07) is 17.0. The molecule has 1 fully saturated rings. The largest absolute Gasteiger partial charge is 0.368 e. The van der Waals surface area contributed by atoms with Crippen LogP contribution in [0.2, 0.25) is 0 Å². The number of rotatable bonds is 2. The molecule has 2 N–H and O–H groups in total. The van der Waals surface area contributed by atoms with Crippen molar-refractivity contribution >= 4 is 33.2 Å². The number of nitrogens with zero attached hydrogens (tertiary/aromatic N) is 6. The van der Waals surface area contributed by atoms with Gasteiger partial charge in [0.05, 0.1) is 34.9 Å². The van der Waals surface area contributed by atoms with Gasteiger partial charge in [0.15, 0.2) is 0 Å². The monoisotopic (exact) mass is 423 g/mol. The van der Waals surface area contributed by atoms with Crippen LogP contribution in [0.15, 0.2) is 48.7 Å². The second-order valence-corrected chi connectivity index (χ2v) is 9.48. The minimum absolute atomic E-state index is 0.101. The molecule has 7 heteroatoms. The van der Waals surface area contributed by atoms with Gasteiger partial charge in [0.1, 0.15) is 6.07 Å². The summed E-state index contributed by atoms with van der Waals surface area (Å²) >= 11 is 0. The molecular weight excluding hydrogens is 398 g/mol. The fraction of sp³-hybridized carbons (Fsp3) is 0.320. The van der Waals surface area contributed by atoms with Gasteiger partial charge >= 0.3 is 0 Å². The Hall–Kier alpha value is -3.63. The van der Waals surface area contributed by atoms with Gasteiger partial charge in [-0.3, -0.25) is 9.67 Å². The molecular formula is C25H25N7. The van der Waals surface area contributed by atoms with E-state index >= 15 is 0 Å². The van der Waals surface area contributed by atoms with Crippen LogP contribution >= 0.6 is 0 Å². The molecule has 2 aliphatic heterocycles. The quantitative estimate of drug-likeness (QED) is 0.530. The van der Waals surface area contributed by atoms with Crippen molar-refractivity contribution in [2.24, 2.45) is 5.73 Å². The van der Waals surface area contributed by atoms with Gasteiger partial charge in [-0.25, -0.2) is 0 Å². The van der Waals surface area contributed by atoms with E-state index in [1.165, 1.54) is 16.8 Å². The number of hydrogen-bond acceptors (Lipinski definition) is 6. The van der Waals surface area contributed by atoms with Gasteiger partial charge in [-0.05, 0) is 56.3 Å². The average Bonchev–Trinajstić information content (AvgIpc) is 3.15. The molecule has 0 aliphatic carbocycles. The summed E-state index contributed by atoms with van der Waals surface area (Å²) in [5.41, 5.74) is 12.0. The Balaban J connectivity index is 1.39. The van der Waals surface area contributed by atoms with E-state index < -0.39 is 0 Å². The van der Waals surface area contributed by atoms with E-state index in [1.807, 2.05) is 12.1 Å². The van der Waals surface area contributed by atoms with Crippen molar-refractivity contribution in [2.75, 3.05) is 29.4 Å². The smallest absolute Gasteiger partial charge is 0.101 e. The lowest BCUT2D eigenvalue weighted by Crippen LogP contribution is -2.65. The molecule has 2 aromatic heterocycles. The summed E-state index contributed by atoms with van der Waals surface area (Å²) in [5.74, 6) is 0. The molecule has 7 nitrogen and oxygen atoms in total. The molecule has 4 aromatic rings. The van der Waals surface area contributed by atoms with Crippen LogP contribution in [0.5, 0.6) is 0 Å². The lowest BCUT2D eigenvalue weighted by molar-refractivity contribution is 0.365. The molecule has 0 spiro atoms. The Kier molecular flexibility index (Phi) is 3.99. The maximum absolute atomic E-state index is 9.49. The predicted octanol–water partition coefficient (Wildman–Crippen LogP) is 3.57. The van der Waals surface area contributed by atoms with Crippen LogP contribution in [0.25, 0.3) is 21.8 Å². The minimum atomic E-state index is -0.101. The summed E-state index contributed by atoms with van der Waals surface area (Å²) < 4.78 is 2.18. The maximum Gasteiger partial charge on any atom is 0.101 e. The number of nitrogens with two attached hydrogens (primary N) is 1. The number of anilines is 2. The second-order valence-electron chi connectivity index (χ2n) is 9.48. The molecule has 2 aliphatic rings. The van der Waals surface area contributed by atoms with Gasteiger partial charge in [0, 0.05) is 53.5 Å². The summed E-state index contributed by atoms with van der Waals surface area (Å²) in [6.07, 6.45) is 1.75. The third kappa shape index (κ3) is 2.84. The first-order chi connectivity index (χ1) is 15.4. The van der Waals surface area contributed by atoms with Gasteiger partial charge in [0.25, 0.3) is 0 Å². The zero-order chi connectivity index (χ0) is 22.0. The Morgan fingerprint density at radius 3 is 2.75 bits per heavy atom. The summed E-state index contributed by atoms with van der Waals surface area (Å²) in [6.45, 7) is 7.66. The SMILES string of the molecule is C[C@@H]1CN(c2ccc(C#N)c3ncccc23)Cc2c3ccc(N4CC(C)(N)C4)cc3nn21. The van der Waals surface area contributed by atoms with Crippen LogP contribution in [-0.2, 0) is 6.54 Å². The van der Waals surface area contributed by atoms with Crippen molar-refractivity contribution < 1.29 is 0 Å². The molecule has 2 aromatic carbocycles. The third-order valence-corrected chi connectivity index (χ3v) is 6.70. The first-order valence-electron chi connectivity index (χ1n) is 11.0. The fourth-order valence-corrected chi connectivity index (χ4v) is 5.22. The third-order valence-electron chi connectivity index (χ3n) is 6.70. The molecule has 1 atom stereocenters. The van der Waals surface area contributed by atoms with Crippen molar-refractivity contribution in [3.8, 4) is 6.07 Å². The average molecular weight is 424 g/mol. The standard InChI is InChI=1S/C25H25N7/c1-16-12-30(22-8-5-17(11-26)24-20(22)4-3-9-28-24)13-23-19-7-6-18(10-21(19)29-32(16)23)31-14-25(2,27)15-31/h3-10,16H,12-15,27H2,1-2H3/t16-/m1/s1. The first-order valence-corrected chi connectivity index (χ1v) is 11.0. The molecule has 6 rings (SSSR count). The highest BCUT2D eigenvalue weighted by molar-refractivity contribution is 5.95. The van der Waals surface area contributed by atoms with E-state index in [-0.39, 0.29) is 11.6 Å². The van der Waals surface area contributed by atoms with Gasteiger partial charge in [-0.2, -0.15) is 10.4 Å². The molecule has 4 heterocycles. The summed E-state index contributed by atoms with van der Waals surface area (Å²) in [7, 11) is 0. The van der Waals surface area contributed by atoms with Crippen LogP contribution in [-0.4, -0.2) is 39.9 Å². The molecule has 0 radical (unpaired) electrons. The molecule has 160 valence electrons. The predicted molar refractivity (Wildman–Crippen MR) is 127 cm³/mol. The lowest BCUT2D eigenvalue weighted by Gasteiger charge is -2.47. The van der Waals surface area contributed by atoms with Crippen LogP contribution in [0.3, 0.4) is 0 Å². The maximum atomic E-state index is 9.49. The number of hydrogen-bond donors (Lipinski definition) is 1. The molecule has 0 amide bonds. The van der Waals surface area contributed by atoms with Gasteiger partial charge < -0.3 is 15.5 Å². The highest BCUT2D eigenvalue weighted by Crippen LogP contribution is 2.36. The molecule has 0 bridgehead atoms. The number of fused-ring (bicyclic) bond motifs is 4. The van der Waals surface area contributed by atoms with Crippen molar-refractivity contribution in [3.63, 3.8) is 0 Å². The van der Waals surface area contributed by atoms with Crippen molar-refractivity contribution in [1.29, 1.82) is 5.26 Å². The highest BCUT2D eigenvalue weighted by atomic mass is 15.4. The Morgan fingerprint density at radius 1 is 1.12 bits per heavy atom. The molecule has 0 saturated carbocycles. The zero-order valence-electron chi connectivity index (χ0n) is 18.3. The summed E-state index contributed by atoms with van der Waals surface area (Å²) in [4.78, 5) is 9.17. The highest BCUT2D eigenvalue weighted by Gasteiger charge is 2.35. The van der Waals surface area contributed by atoms with Crippen LogP contribution in [0, 0.1) is 11.3 Å². The van der Waals surface area contributed by atoms with Crippen LogP contribution < -0.4 is 15.5 Å². The minimum Gasteiger partial charge on any atom is -0.368 e. The van der Waals surface area contributed by atoms with Gasteiger partial charge in [0.2, 0.25) is 0 Å². The Labute approximate surface area is 186 Å². The fourth-order valence-electron chi connectivity index (χ4n) is 5.22. The van der Waals surface area contributed by atoms with E-state index in [1.54, 1.807) is 6.20 Å². The lowest BCUT2D eigenvalue weighted by atomic mass is 9.93. The van der Waals surface area contributed by atoms with Crippen molar-refractivity contribution in [3.05, 3.63) is 59.9 Å². The molecule has 0 unspecified atom stereocenters. The van der Waals surface area contributed by atoms with Gasteiger partial charge in [-0.1, -0.05) is 0 Å². The zero-order valence-corrected chi connectivity index (χ0v) is 18.3. The number of aromatic nitrogens is 3. The first kappa shape index (κ1) is 19.1. The number of nitriles is 1. The van der Waals surface area contributed by atoms with E-state index in [0.717, 1.165) is 48.3 Å².